The highest BCUT2D eigenvalue weighted by molar-refractivity contribution is 5.29. The highest BCUT2D eigenvalue weighted by atomic mass is 19.1. The molecule has 1 saturated heterocycles. The van der Waals surface area contributed by atoms with Gasteiger partial charge in [0.15, 0.2) is 0 Å². The Balaban J connectivity index is 2.20. The van der Waals surface area contributed by atoms with E-state index in [-0.39, 0.29) is 17.6 Å². The highest BCUT2D eigenvalue weighted by Gasteiger charge is 2.27. The fraction of sp³-hybridized carbons (Fsp3) is 0.600. The molecule has 1 N–H and O–H groups in total. The summed E-state index contributed by atoms with van der Waals surface area (Å²) >= 11 is 0. The van der Waals surface area contributed by atoms with Crippen LogP contribution in [0.3, 0.4) is 0 Å². The van der Waals surface area contributed by atoms with Crippen LogP contribution in [0.2, 0.25) is 0 Å². The number of phenols is 1. The van der Waals surface area contributed by atoms with Crippen molar-refractivity contribution in [2.45, 2.75) is 51.6 Å². The van der Waals surface area contributed by atoms with E-state index in [1.54, 1.807) is 12.1 Å². The maximum atomic E-state index is 13.9. The van der Waals surface area contributed by atoms with Crippen LogP contribution in [0, 0.1) is 5.82 Å². The normalized spacial score (nSPS) is 22.9. The van der Waals surface area contributed by atoms with Crippen molar-refractivity contribution in [3.05, 3.63) is 29.6 Å². The van der Waals surface area contributed by atoms with E-state index in [0.29, 0.717) is 11.6 Å². The molecule has 0 bridgehead atoms. The molecule has 2 nitrogen and oxygen atoms in total. The predicted molar refractivity (Wildman–Crippen MR) is 71.1 cm³/mol. The van der Waals surface area contributed by atoms with Crippen LogP contribution in [0.1, 0.15) is 51.1 Å². The molecule has 1 fully saturated rings. The second kappa shape index (κ2) is 5.70. The molecule has 3 heteroatoms. The zero-order valence-corrected chi connectivity index (χ0v) is 11.2. The van der Waals surface area contributed by atoms with Gasteiger partial charge in [-0.2, -0.15) is 0 Å². The maximum Gasteiger partial charge on any atom is 0.131 e. The smallest absolute Gasteiger partial charge is 0.131 e. The molecule has 0 amide bonds. The van der Waals surface area contributed by atoms with Crippen molar-refractivity contribution in [2.24, 2.45) is 0 Å². The molecule has 2 unspecified atom stereocenters. The number of benzene rings is 1. The molecule has 2 rings (SSSR count). The van der Waals surface area contributed by atoms with Gasteiger partial charge in [-0.1, -0.05) is 19.4 Å². The second-order valence-electron chi connectivity index (χ2n) is 5.18. The lowest BCUT2D eigenvalue weighted by atomic mass is 9.95. The van der Waals surface area contributed by atoms with Gasteiger partial charge in [-0.25, -0.2) is 4.39 Å². The minimum absolute atomic E-state index is 0.00543. The third kappa shape index (κ3) is 2.66. The van der Waals surface area contributed by atoms with Gasteiger partial charge in [-0.05, 0) is 38.8 Å². The van der Waals surface area contributed by atoms with Gasteiger partial charge in [0, 0.05) is 23.7 Å². The van der Waals surface area contributed by atoms with Crippen LogP contribution < -0.4 is 0 Å². The molecule has 18 heavy (non-hydrogen) atoms. The summed E-state index contributed by atoms with van der Waals surface area (Å²) in [5.74, 6) is -0.308. The number of piperidine rings is 1. The van der Waals surface area contributed by atoms with Crippen molar-refractivity contribution in [1.82, 2.24) is 4.90 Å². The average Bonchev–Trinajstić information content (AvgIpc) is 2.38. The molecule has 0 radical (unpaired) electrons. The van der Waals surface area contributed by atoms with Crippen molar-refractivity contribution in [1.29, 1.82) is 0 Å². The van der Waals surface area contributed by atoms with Gasteiger partial charge in [-0.3, -0.25) is 4.90 Å². The first-order valence-electron chi connectivity index (χ1n) is 6.87. The van der Waals surface area contributed by atoms with E-state index in [0.717, 1.165) is 13.0 Å². The van der Waals surface area contributed by atoms with Gasteiger partial charge in [0.25, 0.3) is 0 Å². The summed E-state index contributed by atoms with van der Waals surface area (Å²) in [7, 11) is 0. The lowest BCUT2D eigenvalue weighted by Crippen LogP contribution is -2.40. The van der Waals surface area contributed by atoms with Crippen LogP contribution in [0.15, 0.2) is 18.2 Å². The molecule has 0 saturated carbocycles. The topological polar surface area (TPSA) is 23.5 Å². The first kappa shape index (κ1) is 13.3. The van der Waals surface area contributed by atoms with Crippen molar-refractivity contribution >= 4 is 0 Å². The maximum absolute atomic E-state index is 13.9. The molecule has 1 aliphatic heterocycles. The third-order valence-corrected chi connectivity index (χ3v) is 4.08. The summed E-state index contributed by atoms with van der Waals surface area (Å²) in [4.78, 5) is 2.40. The second-order valence-corrected chi connectivity index (χ2v) is 5.18. The number of nitrogens with zero attached hydrogens (tertiary/aromatic N) is 1. The summed E-state index contributed by atoms with van der Waals surface area (Å²) in [5.41, 5.74) is 0.688. The Hall–Kier alpha value is -1.09. The summed E-state index contributed by atoms with van der Waals surface area (Å²) in [6.45, 7) is 5.30. The molecule has 0 aromatic heterocycles. The predicted octanol–water partition coefficient (Wildman–Crippen LogP) is 3.86. The van der Waals surface area contributed by atoms with Gasteiger partial charge < -0.3 is 5.11 Å². The van der Waals surface area contributed by atoms with Crippen LogP contribution in [-0.4, -0.2) is 22.6 Å². The molecule has 1 aromatic carbocycles. The van der Waals surface area contributed by atoms with Gasteiger partial charge in [0.05, 0.1) is 0 Å². The van der Waals surface area contributed by atoms with E-state index in [1.165, 1.54) is 25.3 Å². The summed E-state index contributed by atoms with van der Waals surface area (Å²) in [5, 5.41) is 9.27. The first-order chi connectivity index (χ1) is 8.63. The molecule has 2 atom stereocenters. The monoisotopic (exact) mass is 251 g/mol. The number of phenolic OH excluding ortho intramolecular Hbond substituents is 1. The minimum atomic E-state index is -0.303. The average molecular weight is 251 g/mol. The SMILES string of the molecule is CCC1CCCCN1C(C)c1ccc(O)cc1F. The van der Waals surface area contributed by atoms with E-state index in [9.17, 15) is 9.50 Å². The van der Waals surface area contributed by atoms with Gasteiger partial charge >= 0.3 is 0 Å². The summed E-state index contributed by atoms with van der Waals surface area (Å²) in [6.07, 6.45) is 4.80. The van der Waals surface area contributed by atoms with E-state index in [1.807, 2.05) is 0 Å². The Morgan fingerprint density at radius 3 is 2.89 bits per heavy atom. The largest absolute Gasteiger partial charge is 0.508 e. The van der Waals surface area contributed by atoms with Crippen LogP contribution >= 0.6 is 0 Å². The zero-order chi connectivity index (χ0) is 13.1. The van der Waals surface area contributed by atoms with Crippen molar-refractivity contribution < 1.29 is 9.50 Å². The minimum Gasteiger partial charge on any atom is -0.508 e. The zero-order valence-electron chi connectivity index (χ0n) is 11.2. The number of hydrogen-bond donors (Lipinski definition) is 1. The summed E-state index contributed by atoms with van der Waals surface area (Å²) < 4.78 is 13.9. The van der Waals surface area contributed by atoms with Gasteiger partial charge in [0.1, 0.15) is 11.6 Å². The van der Waals surface area contributed by atoms with Crippen LogP contribution in [0.25, 0.3) is 0 Å². The quantitative estimate of drug-likeness (QED) is 0.881. The number of rotatable bonds is 3. The molecule has 1 aliphatic rings. The standard InChI is InChI=1S/C15H22FNO/c1-3-12-6-4-5-9-17(12)11(2)14-8-7-13(18)10-15(14)16/h7-8,10-12,18H,3-6,9H2,1-2H3. The number of likely N-dealkylation sites (tertiary alicyclic amines) is 1. The summed E-state index contributed by atoms with van der Waals surface area (Å²) in [6, 6.07) is 5.12. The molecule has 1 heterocycles. The Morgan fingerprint density at radius 1 is 1.44 bits per heavy atom. The fourth-order valence-electron chi connectivity index (χ4n) is 3.00. The lowest BCUT2D eigenvalue weighted by Gasteiger charge is -2.39. The number of aromatic hydroxyl groups is 1. The Kier molecular flexibility index (Phi) is 4.23. The van der Waals surface area contributed by atoms with Crippen LogP contribution in [0.5, 0.6) is 5.75 Å². The Morgan fingerprint density at radius 2 is 2.22 bits per heavy atom. The van der Waals surface area contributed by atoms with Crippen molar-refractivity contribution in [2.75, 3.05) is 6.54 Å². The molecule has 0 spiro atoms. The molecular weight excluding hydrogens is 229 g/mol. The van der Waals surface area contributed by atoms with E-state index in [4.69, 9.17) is 0 Å². The number of halogens is 1. The van der Waals surface area contributed by atoms with Crippen molar-refractivity contribution in [3.63, 3.8) is 0 Å². The Bertz CT molecular complexity index is 407. The molecule has 1 aromatic rings. The number of hydrogen-bond acceptors (Lipinski definition) is 2. The van der Waals surface area contributed by atoms with Gasteiger partial charge in [-0.15, -0.1) is 0 Å². The third-order valence-electron chi connectivity index (χ3n) is 4.08. The van der Waals surface area contributed by atoms with E-state index >= 15 is 0 Å². The molecule has 100 valence electrons. The Labute approximate surface area is 108 Å². The molecule has 0 aliphatic carbocycles. The van der Waals surface area contributed by atoms with E-state index in [2.05, 4.69) is 18.7 Å². The lowest BCUT2D eigenvalue weighted by molar-refractivity contribution is 0.0982. The first-order valence-corrected chi connectivity index (χ1v) is 6.87. The fourth-order valence-corrected chi connectivity index (χ4v) is 3.00. The van der Waals surface area contributed by atoms with Crippen LogP contribution in [-0.2, 0) is 0 Å². The van der Waals surface area contributed by atoms with Gasteiger partial charge in [0.2, 0.25) is 0 Å². The van der Waals surface area contributed by atoms with Crippen LogP contribution in [0.4, 0.5) is 4.39 Å². The van der Waals surface area contributed by atoms with Crippen molar-refractivity contribution in [3.8, 4) is 5.75 Å². The van der Waals surface area contributed by atoms with E-state index < -0.39 is 0 Å². The highest BCUT2D eigenvalue weighted by Crippen LogP contribution is 2.31. The molecular formula is C15H22FNO.